The molecule has 0 saturated heterocycles. The summed E-state index contributed by atoms with van der Waals surface area (Å²) in [6.45, 7) is 6.70. The van der Waals surface area contributed by atoms with Crippen molar-refractivity contribution in [1.29, 1.82) is 0 Å². The summed E-state index contributed by atoms with van der Waals surface area (Å²) in [6.07, 6.45) is 0.870. The average molecular weight is 436 g/mol. The summed E-state index contributed by atoms with van der Waals surface area (Å²) >= 11 is 0. The van der Waals surface area contributed by atoms with Crippen LogP contribution in [-0.2, 0) is 17.8 Å². The van der Waals surface area contributed by atoms with Crippen molar-refractivity contribution in [1.82, 2.24) is 20.4 Å². The van der Waals surface area contributed by atoms with Crippen molar-refractivity contribution in [2.75, 3.05) is 27.4 Å². The summed E-state index contributed by atoms with van der Waals surface area (Å²) in [5.41, 5.74) is 5.46. The van der Waals surface area contributed by atoms with Crippen LogP contribution in [0.4, 0.5) is 0 Å². The van der Waals surface area contributed by atoms with E-state index in [2.05, 4.69) is 51.9 Å². The fourth-order valence-electron chi connectivity index (χ4n) is 3.46. The summed E-state index contributed by atoms with van der Waals surface area (Å²) in [7, 11) is 3.47. The van der Waals surface area contributed by atoms with Crippen LogP contribution < -0.4 is 15.4 Å². The zero-order valence-corrected chi connectivity index (χ0v) is 19.4. The lowest BCUT2D eigenvalue weighted by molar-refractivity contribution is 0.172. The molecule has 1 aromatic heterocycles. The molecule has 0 bridgehead atoms. The molecule has 170 valence electrons. The number of benzene rings is 2. The number of hydrogen-bond donors (Lipinski definition) is 2. The van der Waals surface area contributed by atoms with Gasteiger partial charge in [0.15, 0.2) is 5.96 Å². The molecular weight excluding hydrogens is 402 g/mol. The first kappa shape index (κ1) is 23.3. The SMILES string of the molecule is CN=C(NCc1cccc(OCCCOC)c1)NCc1ccccc1-n1nc(C)cc1C. The lowest BCUT2D eigenvalue weighted by Crippen LogP contribution is -2.36. The Morgan fingerprint density at radius 3 is 2.56 bits per heavy atom. The normalized spacial score (nSPS) is 11.4. The fraction of sp³-hybridized carbons (Fsp3) is 0.360. The molecular formula is C25H33N5O2. The zero-order chi connectivity index (χ0) is 22.8. The fourth-order valence-corrected chi connectivity index (χ4v) is 3.46. The summed E-state index contributed by atoms with van der Waals surface area (Å²) in [4.78, 5) is 4.36. The number of guanidine groups is 1. The van der Waals surface area contributed by atoms with Crippen LogP contribution in [0.2, 0.25) is 0 Å². The monoisotopic (exact) mass is 435 g/mol. The van der Waals surface area contributed by atoms with E-state index in [4.69, 9.17) is 9.47 Å². The number of nitrogens with zero attached hydrogens (tertiary/aromatic N) is 3. The van der Waals surface area contributed by atoms with Gasteiger partial charge in [-0.3, -0.25) is 4.99 Å². The zero-order valence-electron chi connectivity index (χ0n) is 19.4. The number of methoxy groups -OCH3 is 1. The van der Waals surface area contributed by atoms with E-state index in [1.807, 2.05) is 41.9 Å². The molecule has 0 aliphatic rings. The van der Waals surface area contributed by atoms with Gasteiger partial charge in [0.2, 0.25) is 0 Å². The molecule has 0 radical (unpaired) electrons. The molecule has 0 aliphatic carbocycles. The van der Waals surface area contributed by atoms with Crippen LogP contribution in [-0.4, -0.2) is 43.1 Å². The predicted molar refractivity (Wildman–Crippen MR) is 129 cm³/mol. The minimum Gasteiger partial charge on any atom is -0.493 e. The van der Waals surface area contributed by atoms with Crippen LogP contribution in [0, 0.1) is 13.8 Å². The van der Waals surface area contributed by atoms with Crippen LogP contribution in [0.1, 0.15) is 28.9 Å². The molecule has 3 rings (SSSR count). The highest BCUT2D eigenvalue weighted by Crippen LogP contribution is 2.17. The van der Waals surface area contributed by atoms with Crippen molar-refractivity contribution in [3.05, 3.63) is 77.1 Å². The first-order valence-electron chi connectivity index (χ1n) is 10.9. The molecule has 2 N–H and O–H groups in total. The molecule has 0 amide bonds. The van der Waals surface area contributed by atoms with Crippen LogP contribution in [0.15, 0.2) is 59.6 Å². The van der Waals surface area contributed by atoms with Gasteiger partial charge in [-0.15, -0.1) is 0 Å². The van der Waals surface area contributed by atoms with E-state index >= 15 is 0 Å². The van der Waals surface area contributed by atoms with Crippen molar-refractivity contribution in [2.45, 2.75) is 33.4 Å². The van der Waals surface area contributed by atoms with Gasteiger partial charge in [-0.2, -0.15) is 5.10 Å². The highest BCUT2D eigenvalue weighted by atomic mass is 16.5. The number of ether oxygens (including phenoxy) is 2. The lowest BCUT2D eigenvalue weighted by Gasteiger charge is -2.15. The summed E-state index contributed by atoms with van der Waals surface area (Å²) in [5.74, 6) is 1.60. The van der Waals surface area contributed by atoms with Crippen molar-refractivity contribution in [2.24, 2.45) is 4.99 Å². The maximum atomic E-state index is 5.79. The lowest BCUT2D eigenvalue weighted by atomic mass is 10.1. The van der Waals surface area contributed by atoms with E-state index in [-0.39, 0.29) is 0 Å². The van der Waals surface area contributed by atoms with Gasteiger partial charge >= 0.3 is 0 Å². The van der Waals surface area contributed by atoms with Gasteiger partial charge in [0.05, 0.1) is 18.0 Å². The largest absolute Gasteiger partial charge is 0.493 e. The third kappa shape index (κ3) is 6.59. The Hall–Kier alpha value is -3.32. The van der Waals surface area contributed by atoms with Crippen molar-refractivity contribution >= 4 is 5.96 Å². The predicted octanol–water partition coefficient (Wildman–Crippen LogP) is 3.77. The van der Waals surface area contributed by atoms with Crippen LogP contribution in [0.25, 0.3) is 5.69 Å². The third-order valence-corrected chi connectivity index (χ3v) is 5.02. The average Bonchev–Trinajstić information content (AvgIpc) is 3.15. The number of aliphatic imine (C=N–C) groups is 1. The molecule has 3 aromatic rings. The Morgan fingerprint density at radius 2 is 1.81 bits per heavy atom. The van der Waals surface area contributed by atoms with Gasteiger partial charge in [0.1, 0.15) is 5.75 Å². The summed E-state index contributed by atoms with van der Waals surface area (Å²) < 4.78 is 12.8. The Kier molecular flexibility index (Phi) is 8.69. The molecule has 0 spiro atoms. The molecule has 2 aromatic carbocycles. The first-order valence-corrected chi connectivity index (χ1v) is 10.9. The van der Waals surface area contributed by atoms with Gasteiger partial charge in [0.25, 0.3) is 0 Å². The van der Waals surface area contributed by atoms with E-state index in [9.17, 15) is 0 Å². The highest BCUT2D eigenvalue weighted by molar-refractivity contribution is 5.79. The molecule has 7 heteroatoms. The molecule has 0 atom stereocenters. The minimum absolute atomic E-state index is 0.636. The van der Waals surface area contributed by atoms with Crippen LogP contribution >= 0.6 is 0 Å². The Labute approximate surface area is 190 Å². The van der Waals surface area contributed by atoms with Gasteiger partial charge in [-0.25, -0.2) is 4.68 Å². The standard InChI is InChI=1S/C25H33N5O2/c1-19-15-20(2)30(29-19)24-12-6-5-10-22(24)18-28-25(26-3)27-17-21-9-7-11-23(16-21)32-14-8-13-31-4/h5-7,9-12,15-16H,8,13-14,17-18H2,1-4H3,(H2,26,27,28). The molecule has 0 fully saturated rings. The van der Waals surface area contributed by atoms with E-state index in [1.165, 1.54) is 0 Å². The number of nitrogens with one attached hydrogen (secondary N) is 2. The first-order chi connectivity index (χ1) is 15.6. The quantitative estimate of drug-likeness (QED) is 0.288. The maximum Gasteiger partial charge on any atom is 0.191 e. The second-order valence-corrected chi connectivity index (χ2v) is 7.59. The van der Waals surface area contributed by atoms with Crippen molar-refractivity contribution < 1.29 is 9.47 Å². The summed E-state index contributed by atoms with van der Waals surface area (Å²) in [6, 6.07) is 18.4. The van der Waals surface area contributed by atoms with E-state index in [0.29, 0.717) is 26.3 Å². The molecule has 1 heterocycles. The second-order valence-electron chi connectivity index (χ2n) is 7.59. The van der Waals surface area contributed by atoms with E-state index in [0.717, 1.165) is 46.3 Å². The van der Waals surface area contributed by atoms with Gasteiger partial charge in [0, 0.05) is 46.0 Å². The second kappa shape index (κ2) is 11.9. The smallest absolute Gasteiger partial charge is 0.191 e. The molecule has 0 saturated carbocycles. The van der Waals surface area contributed by atoms with E-state index < -0.39 is 0 Å². The third-order valence-electron chi connectivity index (χ3n) is 5.02. The number of para-hydroxylation sites is 1. The Morgan fingerprint density at radius 1 is 1.00 bits per heavy atom. The molecule has 0 unspecified atom stereocenters. The van der Waals surface area contributed by atoms with Crippen LogP contribution in [0.5, 0.6) is 5.75 Å². The van der Waals surface area contributed by atoms with Crippen molar-refractivity contribution in [3.63, 3.8) is 0 Å². The van der Waals surface area contributed by atoms with Gasteiger partial charge in [-0.1, -0.05) is 30.3 Å². The topological polar surface area (TPSA) is 72.7 Å². The van der Waals surface area contributed by atoms with E-state index in [1.54, 1.807) is 14.2 Å². The summed E-state index contributed by atoms with van der Waals surface area (Å²) in [5, 5.41) is 11.4. The number of hydrogen-bond acceptors (Lipinski definition) is 4. The number of aryl methyl sites for hydroxylation is 2. The van der Waals surface area contributed by atoms with Crippen LogP contribution in [0.3, 0.4) is 0 Å². The van der Waals surface area contributed by atoms with Gasteiger partial charge in [-0.05, 0) is 49.2 Å². The van der Waals surface area contributed by atoms with Gasteiger partial charge < -0.3 is 20.1 Å². The Bertz CT molecular complexity index is 1030. The number of rotatable bonds is 10. The minimum atomic E-state index is 0.636. The molecule has 0 aliphatic heterocycles. The molecule has 7 nitrogen and oxygen atoms in total. The van der Waals surface area contributed by atoms with Crippen molar-refractivity contribution in [3.8, 4) is 11.4 Å². The number of aromatic nitrogens is 2. The molecule has 32 heavy (non-hydrogen) atoms. The maximum absolute atomic E-state index is 5.79. The highest BCUT2D eigenvalue weighted by Gasteiger charge is 2.09. The Balaban J connectivity index is 1.57.